The van der Waals surface area contributed by atoms with E-state index in [1.54, 1.807) is 18.2 Å². The first kappa shape index (κ1) is 16.5. The number of nitrogens with one attached hydrogen (secondary N) is 1. The number of nitrogens with zero attached hydrogens (tertiary/aromatic N) is 1. The van der Waals surface area contributed by atoms with Crippen LogP contribution in [0.2, 0.25) is 0 Å². The zero-order valence-electron chi connectivity index (χ0n) is 13.3. The van der Waals surface area contributed by atoms with Crippen LogP contribution in [0.1, 0.15) is 12.0 Å². The predicted molar refractivity (Wildman–Crippen MR) is 96.9 cm³/mol. The molecule has 0 unspecified atom stereocenters. The van der Waals surface area contributed by atoms with Crippen LogP contribution in [0.15, 0.2) is 59.6 Å². The van der Waals surface area contributed by atoms with E-state index in [0.29, 0.717) is 12.2 Å². The highest BCUT2D eigenvalue weighted by molar-refractivity contribution is 7.99. The molecule has 0 spiro atoms. The molecule has 0 saturated heterocycles. The molecule has 0 atom stereocenters. The van der Waals surface area contributed by atoms with Crippen LogP contribution in [-0.4, -0.2) is 16.6 Å². The average Bonchev–Trinajstić information content (AvgIpc) is 2.57. The molecular formula is C19H17FN2OS. The number of rotatable bonds is 5. The number of anilines is 1. The molecule has 1 N–H and O–H groups in total. The van der Waals surface area contributed by atoms with Gasteiger partial charge in [0.15, 0.2) is 0 Å². The van der Waals surface area contributed by atoms with Crippen molar-refractivity contribution < 1.29 is 9.18 Å². The van der Waals surface area contributed by atoms with E-state index in [1.165, 1.54) is 23.4 Å². The van der Waals surface area contributed by atoms with Gasteiger partial charge < -0.3 is 5.32 Å². The lowest BCUT2D eigenvalue weighted by atomic mass is 10.1. The van der Waals surface area contributed by atoms with Gasteiger partial charge in [0.1, 0.15) is 5.82 Å². The molecule has 1 amide bonds. The normalized spacial score (nSPS) is 10.8. The Morgan fingerprint density at radius 2 is 1.92 bits per heavy atom. The van der Waals surface area contributed by atoms with Crippen molar-refractivity contribution >= 4 is 34.3 Å². The molecule has 3 nitrogen and oxygen atoms in total. The van der Waals surface area contributed by atoms with Crippen LogP contribution >= 0.6 is 11.8 Å². The van der Waals surface area contributed by atoms with Crippen molar-refractivity contribution in [2.45, 2.75) is 18.4 Å². The number of carbonyl (C=O) groups excluding carboxylic acids is 1. The van der Waals surface area contributed by atoms with E-state index >= 15 is 0 Å². The number of hydrogen-bond acceptors (Lipinski definition) is 3. The standard InChI is InChI=1S/C19H17FN2OS/c1-13-12-19(22-16-8-4-2-6-14(13)16)24-11-10-18(23)21-17-9-5-3-7-15(17)20/h2-9,12H,10-11H2,1H3,(H,21,23). The van der Waals surface area contributed by atoms with Crippen LogP contribution in [0, 0.1) is 12.7 Å². The first-order valence-corrected chi connectivity index (χ1v) is 8.65. The summed E-state index contributed by atoms with van der Waals surface area (Å²) in [7, 11) is 0. The summed E-state index contributed by atoms with van der Waals surface area (Å²) in [5, 5.41) is 4.62. The van der Waals surface area contributed by atoms with Crippen molar-refractivity contribution in [1.29, 1.82) is 0 Å². The fourth-order valence-corrected chi connectivity index (χ4v) is 3.34. The van der Waals surface area contributed by atoms with Gasteiger partial charge in [-0.05, 0) is 36.8 Å². The number of amides is 1. The third kappa shape index (κ3) is 3.92. The van der Waals surface area contributed by atoms with Crippen LogP contribution < -0.4 is 5.32 Å². The Kier molecular flexibility index (Phi) is 5.11. The van der Waals surface area contributed by atoms with Gasteiger partial charge >= 0.3 is 0 Å². The first-order valence-electron chi connectivity index (χ1n) is 7.67. The number of carbonyl (C=O) groups is 1. The van der Waals surface area contributed by atoms with Crippen LogP contribution in [0.5, 0.6) is 0 Å². The van der Waals surface area contributed by atoms with Gasteiger partial charge in [0.2, 0.25) is 5.91 Å². The molecule has 122 valence electrons. The van der Waals surface area contributed by atoms with E-state index in [0.717, 1.165) is 15.9 Å². The van der Waals surface area contributed by atoms with Crippen LogP contribution in [0.4, 0.5) is 10.1 Å². The SMILES string of the molecule is Cc1cc(SCCC(=O)Nc2ccccc2F)nc2ccccc12. The van der Waals surface area contributed by atoms with Gasteiger partial charge in [-0.1, -0.05) is 30.3 Å². The van der Waals surface area contributed by atoms with E-state index in [2.05, 4.69) is 17.2 Å². The Morgan fingerprint density at radius 3 is 2.75 bits per heavy atom. The van der Waals surface area contributed by atoms with E-state index in [4.69, 9.17) is 0 Å². The number of aryl methyl sites for hydroxylation is 1. The summed E-state index contributed by atoms with van der Waals surface area (Å²) < 4.78 is 13.5. The molecule has 0 fully saturated rings. The molecule has 3 rings (SSSR count). The molecule has 0 bridgehead atoms. The molecule has 0 aliphatic heterocycles. The Morgan fingerprint density at radius 1 is 1.17 bits per heavy atom. The number of thioether (sulfide) groups is 1. The lowest BCUT2D eigenvalue weighted by Gasteiger charge is -2.07. The molecule has 0 aliphatic carbocycles. The topological polar surface area (TPSA) is 42.0 Å². The molecule has 0 saturated carbocycles. The molecule has 0 radical (unpaired) electrons. The lowest BCUT2D eigenvalue weighted by Crippen LogP contribution is -2.13. The summed E-state index contributed by atoms with van der Waals surface area (Å²) in [6.45, 7) is 2.05. The highest BCUT2D eigenvalue weighted by Gasteiger charge is 2.08. The summed E-state index contributed by atoms with van der Waals surface area (Å²) in [5.74, 6) is -0.0409. The van der Waals surface area contributed by atoms with E-state index in [-0.39, 0.29) is 11.6 Å². The van der Waals surface area contributed by atoms with Crippen molar-refractivity contribution in [3.05, 3.63) is 66.0 Å². The molecule has 1 heterocycles. The Bertz CT molecular complexity index is 882. The maximum Gasteiger partial charge on any atom is 0.225 e. The number of fused-ring (bicyclic) bond motifs is 1. The highest BCUT2D eigenvalue weighted by Crippen LogP contribution is 2.24. The van der Waals surface area contributed by atoms with Crippen molar-refractivity contribution in [3.63, 3.8) is 0 Å². The second-order valence-corrected chi connectivity index (χ2v) is 6.54. The van der Waals surface area contributed by atoms with Crippen molar-refractivity contribution in [1.82, 2.24) is 4.98 Å². The summed E-state index contributed by atoms with van der Waals surface area (Å²) in [6, 6.07) is 16.2. The number of aromatic nitrogens is 1. The highest BCUT2D eigenvalue weighted by atomic mass is 32.2. The second-order valence-electron chi connectivity index (χ2n) is 5.42. The summed E-state index contributed by atoms with van der Waals surface area (Å²) >= 11 is 1.53. The van der Waals surface area contributed by atoms with Gasteiger partial charge in [-0.15, -0.1) is 11.8 Å². The fourth-order valence-electron chi connectivity index (χ4n) is 2.42. The molecule has 5 heteroatoms. The zero-order chi connectivity index (χ0) is 16.9. The van der Waals surface area contributed by atoms with Gasteiger partial charge in [-0.2, -0.15) is 0 Å². The third-order valence-corrected chi connectivity index (χ3v) is 4.54. The van der Waals surface area contributed by atoms with E-state index in [9.17, 15) is 9.18 Å². The minimum absolute atomic E-state index is 0.204. The molecular weight excluding hydrogens is 323 g/mol. The monoisotopic (exact) mass is 340 g/mol. The maximum atomic E-state index is 13.5. The van der Waals surface area contributed by atoms with Crippen molar-refractivity contribution in [2.75, 3.05) is 11.1 Å². The predicted octanol–water partition coefficient (Wildman–Crippen LogP) is 4.80. The Labute approximate surface area is 144 Å². The van der Waals surface area contributed by atoms with Crippen LogP contribution in [0.3, 0.4) is 0 Å². The van der Waals surface area contributed by atoms with Gasteiger partial charge in [0.25, 0.3) is 0 Å². The zero-order valence-corrected chi connectivity index (χ0v) is 14.1. The molecule has 3 aromatic rings. The van der Waals surface area contributed by atoms with E-state index in [1.807, 2.05) is 30.3 Å². The molecule has 1 aromatic heterocycles. The second kappa shape index (κ2) is 7.45. The summed E-state index contributed by atoms with van der Waals surface area (Å²) in [6.07, 6.45) is 0.298. The summed E-state index contributed by atoms with van der Waals surface area (Å²) in [4.78, 5) is 16.5. The Hall–Kier alpha value is -2.40. The number of halogens is 1. The van der Waals surface area contributed by atoms with Gasteiger partial charge in [0.05, 0.1) is 16.2 Å². The largest absolute Gasteiger partial charge is 0.324 e. The first-order chi connectivity index (χ1) is 11.6. The quantitative estimate of drug-likeness (QED) is 0.678. The number of hydrogen-bond donors (Lipinski definition) is 1. The number of benzene rings is 2. The number of pyridine rings is 1. The van der Waals surface area contributed by atoms with Crippen LogP contribution in [-0.2, 0) is 4.79 Å². The smallest absolute Gasteiger partial charge is 0.225 e. The van der Waals surface area contributed by atoms with E-state index < -0.39 is 5.82 Å². The third-order valence-electron chi connectivity index (χ3n) is 3.63. The average molecular weight is 340 g/mol. The van der Waals surface area contributed by atoms with Gasteiger partial charge in [-0.25, -0.2) is 9.37 Å². The maximum absolute atomic E-state index is 13.5. The van der Waals surface area contributed by atoms with Crippen LogP contribution in [0.25, 0.3) is 10.9 Å². The van der Waals surface area contributed by atoms with Gasteiger partial charge in [-0.3, -0.25) is 4.79 Å². The molecule has 0 aliphatic rings. The number of para-hydroxylation sites is 2. The molecule has 2 aromatic carbocycles. The summed E-state index contributed by atoms with van der Waals surface area (Å²) in [5.41, 5.74) is 2.34. The lowest BCUT2D eigenvalue weighted by molar-refractivity contribution is -0.115. The minimum Gasteiger partial charge on any atom is -0.324 e. The fraction of sp³-hybridized carbons (Fsp3) is 0.158. The van der Waals surface area contributed by atoms with Gasteiger partial charge in [0, 0.05) is 17.6 Å². The van der Waals surface area contributed by atoms with Crippen molar-refractivity contribution in [3.8, 4) is 0 Å². The van der Waals surface area contributed by atoms with Crippen molar-refractivity contribution in [2.24, 2.45) is 0 Å². The molecule has 24 heavy (non-hydrogen) atoms. The Balaban J connectivity index is 1.58. The minimum atomic E-state index is -0.426.